The number of amidine groups is 1. The van der Waals surface area contributed by atoms with Crippen molar-refractivity contribution in [2.45, 2.75) is 11.9 Å². The third kappa shape index (κ3) is 3.99. The van der Waals surface area contributed by atoms with E-state index in [4.69, 9.17) is 14.8 Å². The number of thioether (sulfide) groups is 1. The van der Waals surface area contributed by atoms with Gasteiger partial charge in [0.2, 0.25) is 0 Å². The first-order valence-corrected chi connectivity index (χ1v) is 11.4. The van der Waals surface area contributed by atoms with Crippen molar-refractivity contribution in [2.75, 3.05) is 7.11 Å². The first-order valence-electron chi connectivity index (χ1n) is 10.4. The Morgan fingerprint density at radius 1 is 1.12 bits per heavy atom. The van der Waals surface area contributed by atoms with Gasteiger partial charge in [0.05, 0.1) is 17.4 Å². The van der Waals surface area contributed by atoms with Crippen molar-refractivity contribution in [3.8, 4) is 5.75 Å². The van der Waals surface area contributed by atoms with Crippen molar-refractivity contribution >= 4 is 34.2 Å². The molecule has 10 heteroatoms. The summed E-state index contributed by atoms with van der Waals surface area (Å²) in [5, 5.41) is 22.2. The summed E-state index contributed by atoms with van der Waals surface area (Å²) in [7, 11) is 1.49. The van der Waals surface area contributed by atoms with E-state index in [0.29, 0.717) is 38.5 Å². The molecule has 0 saturated carbocycles. The number of carbonyl (C=O) groups excluding carboxylic acids is 1. The van der Waals surface area contributed by atoms with Crippen LogP contribution >= 0.6 is 11.8 Å². The number of methoxy groups -OCH3 is 1. The molecule has 0 aliphatic carbocycles. The summed E-state index contributed by atoms with van der Waals surface area (Å²) >= 11 is 1.39. The molecule has 0 bridgehead atoms. The molecular weight excluding hydrogens is 454 g/mol. The number of para-hydroxylation sites is 1. The van der Waals surface area contributed by atoms with E-state index in [1.54, 1.807) is 12.1 Å². The summed E-state index contributed by atoms with van der Waals surface area (Å²) in [6.07, 6.45) is -0.821. The number of hydrazone groups is 1. The fourth-order valence-electron chi connectivity index (χ4n) is 3.86. The molecule has 3 aromatic rings. The van der Waals surface area contributed by atoms with Crippen LogP contribution in [0.2, 0.25) is 0 Å². The zero-order valence-electron chi connectivity index (χ0n) is 18.0. The highest BCUT2D eigenvalue weighted by Crippen LogP contribution is 2.37. The molecule has 0 spiro atoms. The van der Waals surface area contributed by atoms with Crippen molar-refractivity contribution in [1.82, 2.24) is 10.3 Å². The number of nitro benzene ring substituents is 1. The van der Waals surface area contributed by atoms with Crippen LogP contribution in [-0.2, 0) is 10.5 Å². The largest absolute Gasteiger partial charge is 0.496 e. The fraction of sp³-hybridized carbons (Fsp3) is 0.125. The van der Waals surface area contributed by atoms with Gasteiger partial charge in [0.25, 0.3) is 11.6 Å². The Labute approximate surface area is 198 Å². The van der Waals surface area contributed by atoms with Crippen molar-refractivity contribution < 1.29 is 14.5 Å². The number of hydrogen-bond donors (Lipinski definition) is 1. The maximum Gasteiger partial charge on any atom is 0.276 e. The number of rotatable bonds is 5. The highest BCUT2D eigenvalue weighted by molar-refractivity contribution is 8.13. The van der Waals surface area contributed by atoms with E-state index in [-0.39, 0.29) is 11.6 Å². The maximum atomic E-state index is 13.3. The van der Waals surface area contributed by atoms with Gasteiger partial charge in [0.15, 0.2) is 11.3 Å². The summed E-state index contributed by atoms with van der Waals surface area (Å²) in [5.74, 6) is 0.710. The number of non-ortho nitro benzene ring substituents is 1. The molecule has 2 aliphatic rings. The number of nitrogens with one attached hydrogen (secondary N) is 1. The van der Waals surface area contributed by atoms with Gasteiger partial charge in [-0.1, -0.05) is 60.3 Å². The molecule has 34 heavy (non-hydrogen) atoms. The maximum absolute atomic E-state index is 13.3. The van der Waals surface area contributed by atoms with Crippen molar-refractivity contribution in [1.29, 1.82) is 0 Å². The molecule has 1 N–H and O–H groups in total. The number of hydrogen-bond acceptors (Lipinski definition) is 8. The third-order valence-corrected chi connectivity index (χ3v) is 6.37. The quantitative estimate of drug-likeness (QED) is 0.451. The van der Waals surface area contributed by atoms with Crippen LogP contribution in [0.4, 0.5) is 5.69 Å². The van der Waals surface area contributed by atoms with Crippen LogP contribution in [0, 0.1) is 10.1 Å². The second-order valence-corrected chi connectivity index (χ2v) is 8.49. The molecule has 0 fully saturated rings. The van der Waals surface area contributed by atoms with Crippen molar-refractivity contribution in [2.24, 2.45) is 10.1 Å². The second kappa shape index (κ2) is 8.99. The number of nitrogens with zero attached hydrogens (tertiary/aromatic N) is 4. The molecule has 0 aromatic heterocycles. The lowest BCUT2D eigenvalue weighted by Crippen LogP contribution is -2.50. The van der Waals surface area contributed by atoms with E-state index in [2.05, 4.69) is 5.32 Å². The SMILES string of the molecule is COc1ccc([N+](=O)[O-])cc1C1N=c2ccccc2=C2C(=O)NC(SCc3ccccc3)=NN21. The monoisotopic (exact) mass is 473 g/mol. The first-order chi connectivity index (χ1) is 16.5. The second-order valence-electron chi connectivity index (χ2n) is 7.53. The summed E-state index contributed by atoms with van der Waals surface area (Å²) in [6.45, 7) is 0. The van der Waals surface area contributed by atoms with Crippen LogP contribution < -0.4 is 20.6 Å². The molecule has 5 rings (SSSR count). The fourth-order valence-corrected chi connectivity index (χ4v) is 4.66. The van der Waals surface area contributed by atoms with Crippen molar-refractivity contribution in [3.05, 3.63) is 105 Å². The molecule has 3 aromatic carbocycles. The number of fused-ring (bicyclic) bond motifs is 2. The van der Waals surface area contributed by atoms with Gasteiger partial charge < -0.3 is 4.74 Å². The minimum atomic E-state index is -0.821. The van der Waals surface area contributed by atoms with E-state index in [1.807, 2.05) is 42.5 Å². The van der Waals surface area contributed by atoms with Crippen LogP contribution in [-0.4, -0.2) is 28.1 Å². The van der Waals surface area contributed by atoms with E-state index >= 15 is 0 Å². The zero-order valence-corrected chi connectivity index (χ0v) is 18.9. The predicted octanol–water partition coefficient (Wildman–Crippen LogP) is 2.68. The number of nitro groups is 1. The van der Waals surface area contributed by atoms with Crippen molar-refractivity contribution in [3.63, 3.8) is 0 Å². The van der Waals surface area contributed by atoms with Gasteiger partial charge in [-0.3, -0.25) is 25.2 Å². The van der Waals surface area contributed by atoms with Crippen LogP contribution in [0.5, 0.6) is 5.75 Å². The Bertz CT molecular complexity index is 1440. The Kier molecular flexibility index (Phi) is 5.72. The van der Waals surface area contributed by atoms with E-state index < -0.39 is 11.1 Å². The van der Waals surface area contributed by atoms with Gasteiger partial charge in [-0.05, 0) is 17.7 Å². The van der Waals surface area contributed by atoms with Gasteiger partial charge >= 0.3 is 0 Å². The molecule has 2 heterocycles. The smallest absolute Gasteiger partial charge is 0.276 e. The van der Waals surface area contributed by atoms with E-state index in [9.17, 15) is 14.9 Å². The first kappa shape index (κ1) is 21.7. The van der Waals surface area contributed by atoms with E-state index in [1.165, 1.54) is 42.1 Å². The third-order valence-electron chi connectivity index (χ3n) is 5.44. The molecule has 9 nitrogen and oxygen atoms in total. The molecule has 1 unspecified atom stereocenters. The highest BCUT2D eigenvalue weighted by atomic mass is 32.2. The number of carbonyl (C=O) groups is 1. The van der Waals surface area contributed by atoms with Crippen LogP contribution in [0.25, 0.3) is 5.70 Å². The van der Waals surface area contributed by atoms with Crippen LogP contribution in [0.15, 0.2) is 82.9 Å². The minimum Gasteiger partial charge on any atom is -0.496 e. The lowest BCUT2D eigenvalue weighted by Gasteiger charge is -2.34. The minimum absolute atomic E-state index is 0.101. The average Bonchev–Trinajstić information content (AvgIpc) is 2.87. The molecule has 170 valence electrons. The number of ether oxygens (including phenoxy) is 1. The molecule has 0 radical (unpaired) electrons. The molecule has 1 atom stereocenters. The predicted molar refractivity (Wildman–Crippen MR) is 128 cm³/mol. The molecular formula is C24H19N5O4S. The van der Waals surface area contributed by atoms with Gasteiger partial charge in [-0.25, -0.2) is 5.01 Å². The van der Waals surface area contributed by atoms with Crippen LogP contribution in [0.3, 0.4) is 0 Å². The van der Waals surface area contributed by atoms with Gasteiger partial charge in [0, 0.05) is 28.7 Å². The number of benzene rings is 3. The Morgan fingerprint density at radius 3 is 2.65 bits per heavy atom. The number of amides is 1. The summed E-state index contributed by atoms with van der Waals surface area (Å²) < 4.78 is 5.49. The normalized spacial score (nSPS) is 16.6. The Balaban J connectivity index is 1.63. The van der Waals surface area contributed by atoms with Gasteiger partial charge in [0.1, 0.15) is 11.4 Å². The highest BCUT2D eigenvalue weighted by Gasteiger charge is 2.36. The van der Waals surface area contributed by atoms with Gasteiger partial charge in [-0.2, -0.15) is 0 Å². The standard InChI is InChI=1S/C24H19N5O4S/c1-33-20-12-11-16(29(31)32)13-18(20)22-25-19-10-6-5-9-17(19)21-23(30)26-24(27-28(21)22)34-14-15-7-3-2-4-8-15/h2-13,22H,14H2,1H3,(H,26,27,30). The Hall–Kier alpha value is -4.18. The lowest BCUT2D eigenvalue weighted by molar-refractivity contribution is -0.385. The lowest BCUT2D eigenvalue weighted by atomic mass is 10.1. The average molecular weight is 474 g/mol. The summed E-state index contributed by atoms with van der Waals surface area (Å²) in [5.41, 5.74) is 1.75. The molecule has 0 saturated heterocycles. The van der Waals surface area contributed by atoms with Gasteiger partial charge in [-0.15, -0.1) is 5.10 Å². The Morgan fingerprint density at radius 2 is 1.88 bits per heavy atom. The molecule has 2 aliphatic heterocycles. The summed E-state index contributed by atoms with van der Waals surface area (Å²) in [6, 6.07) is 21.4. The van der Waals surface area contributed by atoms with Crippen LogP contribution in [0.1, 0.15) is 17.3 Å². The van der Waals surface area contributed by atoms with E-state index in [0.717, 1.165) is 5.56 Å². The topological polar surface area (TPSA) is 109 Å². The summed E-state index contributed by atoms with van der Waals surface area (Å²) in [4.78, 5) is 29.0. The zero-order chi connectivity index (χ0) is 23.7. The molecule has 1 amide bonds.